The van der Waals surface area contributed by atoms with E-state index in [2.05, 4.69) is 10.3 Å². The molecule has 2 amide bonds. The smallest absolute Gasteiger partial charge is 0.246 e. The number of nitrogens with zero attached hydrogens (tertiary/aromatic N) is 2. The molecule has 1 saturated heterocycles. The molecule has 0 spiro atoms. The summed E-state index contributed by atoms with van der Waals surface area (Å²) in [5, 5.41) is 3.00. The lowest BCUT2D eigenvalue weighted by Crippen LogP contribution is -2.42. The second kappa shape index (κ2) is 9.67. The molecule has 1 aliphatic rings. The van der Waals surface area contributed by atoms with Crippen molar-refractivity contribution >= 4 is 17.9 Å². The first kappa shape index (κ1) is 18.8. The number of hydrogen-bond acceptors (Lipinski definition) is 3. The molecule has 5 nitrogen and oxygen atoms in total. The summed E-state index contributed by atoms with van der Waals surface area (Å²) in [6, 6.07) is 15.6. The van der Waals surface area contributed by atoms with Gasteiger partial charge in [0.05, 0.1) is 0 Å². The number of rotatable bonds is 6. The number of pyridine rings is 1. The molecule has 0 bridgehead atoms. The van der Waals surface area contributed by atoms with Crippen molar-refractivity contribution in [2.75, 3.05) is 19.6 Å². The molecule has 27 heavy (non-hydrogen) atoms. The number of likely N-dealkylation sites (tertiary alicyclic amines) is 1. The number of carbonyl (C=O) groups excluding carboxylic acids is 2. The van der Waals surface area contributed by atoms with E-state index in [9.17, 15) is 9.59 Å². The van der Waals surface area contributed by atoms with Crippen molar-refractivity contribution in [2.24, 2.45) is 5.92 Å². The molecule has 140 valence electrons. The van der Waals surface area contributed by atoms with Crippen LogP contribution < -0.4 is 5.32 Å². The second-order valence-electron chi connectivity index (χ2n) is 6.71. The monoisotopic (exact) mass is 363 g/mol. The summed E-state index contributed by atoms with van der Waals surface area (Å²) in [4.78, 5) is 30.7. The number of nitrogens with one attached hydrogen (secondary N) is 1. The fraction of sp³-hybridized carbons (Fsp3) is 0.318. The van der Waals surface area contributed by atoms with Crippen LogP contribution in [0.1, 0.15) is 24.1 Å². The number of hydrogen-bond donors (Lipinski definition) is 1. The zero-order valence-electron chi connectivity index (χ0n) is 15.4. The summed E-state index contributed by atoms with van der Waals surface area (Å²) >= 11 is 0. The van der Waals surface area contributed by atoms with Crippen LogP contribution in [0.15, 0.2) is 60.8 Å². The lowest BCUT2D eigenvalue weighted by atomic mass is 9.95. The quantitative estimate of drug-likeness (QED) is 0.803. The zero-order valence-corrected chi connectivity index (χ0v) is 15.4. The van der Waals surface area contributed by atoms with E-state index in [1.54, 1.807) is 12.3 Å². The van der Waals surface area contributed by atoms with Crippen molar-refractivity contribution in [2.45, 2.75) is 19.3 Å². The van der Waals surface area contributed by atoms with E-state index in [0.717, 1.165) is 17.7 Å². The predicted octanol–water partition coefficient (Wildman–Crippen LogP) is 2.69. The molecular formula is C22H25N3O2. The van der Waals surface area contributed by atoms with E-state index < -0.39 is 0 Å². The first-order valence-electron chi connectivity index (χ1n) is 9.42. The first-order valence-corrected chi connectivity index (χ1v) is 9.42. The summed E-state index contributed by atoms with van der Waals surface area (Å²) in [6.07, 6.45) is 7.35. The van der Waals surface area contributed by atoms with Crippen LogP contribution in [0.3, 0.4) is 0 Å². The SMILES string of the molecule is O=C(NCCc1ccccn1)C1CCN(C(=O)/C=C/c2ccccc2)CC1. The number of aromatic nitrogens is 1. The number of amides is 2. The molecule has 1 aromatic carbocycles. The van der Waals surface area contributed by atoms with E-state index in [0.29, 0.717) is 32.5 Å². The second-order valence-corrected chi connectivity index (χ2v) is 6.71. The van der Waals surface area contributed by atoms with E-state index in [-0.39, 0.29) is 17.7 Å². The van der Waals surface area contributed by atoms with Crippen LogP contribution in [0.2, 0.25) is 0 Å². The summed E-state index contributed by atoms with van der Waals surface area (Å²) in [5.41, 5.74) is 1.98. The van der Waals surface area contributed by atoms with Crippen molar-refractivity contribution in [3.8, 4) is 0 Å². The van der Waals surface area contributed by atoms with Crippen molar-refractivity contribution < 1.29 is 9.59 Å². The van der Waals surface area contributed by atoms with E-state index in [1.165, 1.54) is 0 Å². The first-order chi connectivity index (χ1) is 13.2. The summed E-state index contributed by atoms with van der Waals surface area (Å²) in [6.45, 7) is 1.83. The van der Waals surface area contributed by atoms with Crippen LogP contribution in [-0.4, -0.2) is 41.3 Å². The minimum atomic E-state index is -0.0177. The van der Waals surface area contributed by atoms with E-state index >= 15 is 0 Å². The molecule has 5 heteroatoms. The molecule has 1 aliphatic heterocycles. The van der Waals surface area contributed by atoms with Gasteiger partial charge in [-0.15, -0.1) is 0 Å². The van der Waals surface area contributed by atoms with E-state index in [1.807, 2.05) is 59.5 Å². The molecular weight excluding hydrogens is 338 g/mol. The summed E-state index contributed by atoms with van der Waals surface area (Å²) in [5.74, 6) is 0.0709. The van der Waals surface area contributed by atoms with Gasteiger partial charge in [0.1, 0.15) is 0 Å². The standard InChI is InChI=1S/C22H25N3O2/c26-21(10-9-18-6-2-1-3-7-18)25-16-12-19(13-17-25)22(27)24-15-11-20-8-4-5-14-23-20/h1-10,14,19H,11-13,15-17H2,(H,24,27)/b10-9+. The molecule has 0 aliphatic carbocycles. The Balaban J connectivity index is 1.39. The van der Waals surface area contributed by atoms with Gasteiger partial charge in [-0.3, -0.25) is 14.6 Å². The van der Waals surface area contributed by atoms with Crippen LogP contribution >= 0.6 is 0 Å². The molecule has 0 saturated carbocycles. The molecule has 2 heterocycles. The Bertz CT molecular complexity index is 767. The number of piperidine rings is 1. The molecule has 1 aromatic heterocycles. The molecule has 1 fully saturated rings. The van der Waals surface area contributed by atoms with Crippen LogP contribution in [0.5, 0.6) is 0 Å². The average molecular weight is 363 g/mol. The molecule has 1 N–H and O–H groups in total. The minimum absolute atomic E-state index is 0.00728. The van der Waals surface area contributed by atoms with Gasteiger partial charge < -0.3 is 10.2 Å². The Morgan fingerprint density at radius 2 is 1.81 bits per heavy atom. The molecule has 3 rings (SSSR count). The zero-order chi connectivity index (χ0) is 18.9. The molecule has 0 unspecified atom stereocenters. The normalized spacial score (nSPS) is 15.0. The molecule has 0 atom stereocenters. The number of carbonyl (C=O) groups is 2. The maximum atomic E-state index is 12.3. The fourth-order valence-electron chi connectivity index (χ4n) is 3.20. The van der Waals surface area contributed by atoms with Gasteiger partial charge in [-0.2, -0.15) is 0 Å². The van der Waals surface area contributed by atoms with Gasteiger partial charge in [0.15, 0.2) is 0 Å². The van der Waals surface area contributed by atoms with Crippen molar-refractivity contribution in [1.82, 2.24) is 15.2 Å². The minimum Gasteiger partial charge on any atom is -0.355 e. The number of benzene rings is 1. The Morgan fingerprint density at radius 1 is 1.07 bits per heavy atom. The maximum absolute atomic E-state index is 12.3. The van der Waals surface area contributed by atoms with Gasteiger partial charge in [0, 0.05) is 49.9 Å². The highest BCUT2D eigenvalue weighted by Crippen LogP contribution is 2.18. The van der Waals surface area contributed by atoms with Crippen LogP contribution in [-0.2, 0) is 16.0 Å². The fourth-order valence-corrected chi connectivity index (χ4v) is 3.20. The van der Waals surface area contributed by atoms with Crippen molar-refractivity contribution in [1.29, 1.82) is 0 Å². The lowest BCUT2D eigenvalue weighted by Gasteiger charge is -2.30. The van der Waals surface area contributed by atoms with Gasteiger partial charge in [0.2, 0.25) is 11.8 Å². The Kier molecular flexibility index (Phi) is 6.74. The van der Waals surface area contributed by atoms with Gasteiger partial charge in [-0.25, -0.2) is 0 Å². The predicted molar refractivity (Wildman–Crippen MR) is 106 cm³/mol. The van der Waals surface area contributed by atoms with Crippen LogP contribution in [0.4, 0.5) is 0 Å². The highest BCUT2D eigenvalue weighted by Gasteiger charge is 2.26. The lowest BCUT2D eigenvalue weighted by molar-refractivity contribution is -0.132. The Hall–Kier alpha value is -2.95. The van der Waals surface area contributed by atoms with Crippen LogP contribution in [0, 0.1) is 5.92 Å². The maximum Gasteiger partial charge on any atom is 0.246 e. The van der Waals surface area contributed by atoms with Crippen molar-refractivity contribution in [3.05, 3.63) is 72.1 Å². The van der Waals surface area contributed by atoms with Gasteiger partial charge >= 0.3 is 0 Å². The highest BCUT2D eigenvalue weighted by atomic mass is 16.2. The molecule has 2 aromatic rings. The van der Waals surface area contributed by atoms with Crippen molar-refractivity contribution in [3.63, 3.8) is 0 Å². The van der Waals surface area contributed by atoms with E-state index in [4.69, 9.17) is 0 Å². The average Bonchev–Trinajstić information content (AvgIpc) is 2.73. The molecule has 0 radical (unpaired) electrons. The largest absolute Gasteiger partial charge is 0.355 e. The third-order valence-electron chi connectivity index (χ3n) is 4.80. The van der Waals surface area contributed by atoms with Crippen LogP contribution in [0.25, 0.3) is 6.08 Å². The Labute approximate surface area is 160 Å². The topological polar surface area (TPSA) is 62.3 Å². The summed E-state index contributed by atoms with van der Waals surface area (Å²) in [7, 11) is 0. The third-order valence-corrected chi connectivity index (χ3v) is 4.80. The van der Waals surface area contributed by atoms with Gasteiger partial charge in [-0.1, -0.05) is 36.4 Å². The Morgan fingerprint density at radius 3 is 2.52 bits per heavy atom. The van der Waals surface area contributed by atoms with Gasteiger partial charge in [0.25, 0.3) is 0 Å². The summed E-state index contributed by atoms with van der Waals surface area (Å²) < 4.78 is 0. The third kappa shape index (κ3) is 5.78. The van der Waals surface area contributed by atoms with Gasteiger partial charge in [-0.05, 0) is 36.6 Å². The highest BCUT2D eigenvalue weighted by molar-refractivity contribution is 5.92.